The van der Waals surface area contributed by atoms with E-state index >= 15 is 0 Å². The first kappa shape index (κ1) is 19.5. The number of fused-ring (bicyclic) bond motifs is 1. The third-order valence-corrected chi connectivity index (χ3v) is 4.63. The summed E-state index contributed by atoms with van der Waals surface area (Å²) < 4.78 is 20.6. The Morgan fingerprint density at radius 1 is 1.20 bits per heavy atom. The maximum atomic E-state index is 13.0. The summed E-state index contributed by atoms with van der Waals surface area (Å²) in [5.41, 5.74) is 3.28. The van der Waals surface area contributed by atoms with Crippen LogP contribution in [0.25, 0.3) is 10.9 Å². The Hall–Kier alpha value is -3.81. The van der Waals surface area contributed by atoms with E-state index in [0.29, 0.717) is 23.9 Å². The summed E-state index contributed by atoms with van der Waals surface area (Å²) in [7, 11) is 1.60. The van der Waals surface area contributed by atoms with Crippen LogP contribution in [0.1, 0.15) is 16.8 Å². The molecule has 0 fully saturated rings. The van der Waals surface area contributed by atoms with Crippen molar-refractivity contribution in [3.05, 3.63) is 77.6 Å². The number of pyridine rings is 2. The van der Waals surface area contributed by atoms with E-state index in [1.807, 2.05) is 25.3 Å². The van der Waals surface area contributed by atoms with E-state index in [9.17, 15) is 9.18 Å². The zero-order valence-corrected chi connectivity index (χ0v) is 16.6. The minimum Gasteiger partial charge on any atom is -0.439 e. The lowest BCUT2D eigenvalue weighted by Crippen LogP contribution is -2.20. The average Bonchev–Trinajstić information content (AvgIpc) is 3.15. The molecular formula is C22H20FN5O2. The number of nitrogens with zero attached hydrogens (tertiary/aromatic N) is 4. The predicted molar refractivity (Wildman–Crippen MR) is 110 cm³/mol. The lowest BCUT2D eigenvalue weighted by molar-refractivity contribution is -0.119. The Labute approximate surface area is 172 Å². The van der Waals surface area contributed by atoms with Gasteiger partial charge in [0.1, 0.15) is 11.6 Å². The summed E-state index contributed by atoms with van der Waals surface area (Å²) in [5.74, 6) is 0.573. The van der Waals surface area contributed by atoms with Gasteiger partial charge in [-0.3, -0.25) is 14.5 Å². The molecule has 0 unspecified atom stereocenters. The zero-order chi connectivity index (χ0) is 21.1. The quantitative estimate of drug-likeness (QED) is 0.532. The maximum absolute atomic E-state index is 13.0. The largest absolute Gasteiger partial charge is 0.439 e. The van der Waals surface area contributed by atoms with Crippen molar-refractivity contribution in [1.82, 2.24) is 25.1 Å². The number of aromatic nitrogens is 4. The summed E-state index contributed by atoms with van der Waals surface area (Å²) in [6.07, 6.45) is 5.47. The van der Waals surface area contributed by atoms with Crippen molar-refractivity contribution >= 4 is 16.8 Å². The second-order valence-electron chi connectivity index (χ2n) is 6.89. The van der Waals surface area contributed by atoms with Gasteiger partial charge in [0.05, 0.1) is 24.2 Å². The SMILES string of the molecule is CNC(=O)Cc1nccc2nn(Cc3cnc(Oc4ccc(F)cc4)c(C)c3)cc12. The monoisotopic (exact) mass is 405 g/mol. The molecule has 152 valence electrons. The van der Waals surface area contributed by atoms with Crippen LogP contribution in [-0.2, 0) is 17.8 Å². The molecule has 0 aliphatic rings. The molecule has 0 bridgehead atoms. The highest BCUT2D eigenvalue weighted by Gasteiger charge is 2.11. The van der Waals surface area contributed by atoms with Crippen LogP contribution in [0.15, 0.2) is 55.0 Å². The first-order valence-corrected chi connectivity index (χ1v) is 9.42. The Balaban J connectivity index is 1.53. The summed E-state index contributed by atoms with van der Waals surface area (Å²) in [6.45, 7) is 2.42. The zero-order valence-electron chi connectivity index (χ0n) is 16.6. The number of carbonyl (C=O) groups excluding carboxylic acids is 1. The highest BCUT2D eigenvalue weighted by Crippen LogP contribution is 2.24. The van der Waals surface area contributed by atoms with Gasteiger partial charge in [-0.15, -0.1) is 0 Å². The molecule has 1 aromatic carbocycles. The standard InChI is InChI=1S/C22H20FN5O2/c1-14-9-15(11-26-22(14)30-17-5-3-16(23)4-6-17)12-28-13-18-19(27-28)7-8-25-20(18)10-21(29)24-2/h3-9,11,13H,10,12H2,1-2H3,(H,24,29). The van der Waals surface area contributed by atoms with Gasteiger partial charge >= 0.3 is 0 Å². The molecule has 3 aromatic heterocycles. The van der Waals surface area contributed by atoms with E-state index in [0.717, 1.165) is 22.0 Å². The van der Waals surface area contributed by atoms with Crippen LogP contribution in [0.5, 0.6) is 11.6 Å². The van der Waals surface area contributed by atoms with Crippen molar-refractivity contribution in [3.63, 3.8) is 0 Å². The molecule has 0 atom stereocenters. The predicted octanol–water partition coefficient (Wildman–Crippen LogP) is 3.40. The molecule has 0 aliphatic heterocycles. The van der Waals surface area contributed by atoms with Gasteiger partial charge in [-0.2, -0.15) is 5.10 Å². The van der Waals surface area contributed by atoms with Crippen LogP contribution in [0.2, 0.25) is 0 Å². The molecule has 30 heavy (non-hydrogen) atoms. The Morgan fingerprint density at radius 3 is 2.73 bits per heavy atom. The lowest BCUT2D eigenvalue weighted by Gasteiger charge is -2.09. The van der Waals surface area contributed by atoms with E-state index in [1.54, 1.807) is 36.3 Å². The molecule has 3 heterocycles. The van der Waals surface area contributed by atoms with Crippen molar-refractivity contribution in [3.8, 4) is 11.6 Å². The van der Waals surface area contributed by atoms with Crippen molar-refractivity contribution in [1.29, 1.82) is 0 Å². The van der Waals surface area contributed by atoms with Gasteiger partial charge in [0.25, 0.3) is 0 Å². The summed E-state index contributed by atoms with van der Waals surface area (Å²) in [4.78, 5) is 20.4. The van der Waals surface area contributed by atoms with Gasteiger partial charge < -0.3 is 10.1 Å². The summed E-state index contributed by atoms with van der Waals surface area (Å²) in [5, 5.41) is 8.04. The number of amides is 1. The molecule has 4 aromatic rings. The molecule has 1 N–H and O–H groups in total. The summed E-state index contributed by atoms with van der Waals surface area (Å²) in [6, 6.07) is 9.60. The number of likely N-dealkylation sites (N-methyl/N-ethyl adjacent to an activating group) is 1. The van der Waals surface area contributed by atoms with Crippen molar-refractivity contribution in [2.45, 2.75) is 19.9 Å². The van der Waals surface area contributed by atoms with Crippen LogP contribution < -0.4 is 10.1 Å². The van der Waals surface area contributed by atoms with Crippen molar-refractivity contribution in [2.75, 3.05) is 7.05 Å². The van der Waals surface area contributed by atoms with Gasteiger partial charge in [-0.25, -0.2) is 9.37 Å². The Morgan fingerprint density at radius 2 is 2.00 bits per heavy atom. The fraction of sp³-hybridized carbons (Fsp3) is 0.182. The van der Waals surface area contributed by atoms with Crippen LogP contribution in [0.4, 0.5) is 4.39 Å². The van der Waals surface area contributed by atoms with Gasteiger partial charge in [0, 0.05) is 36.6 Å². The van der Waals surface area contributed by atoms with E-state index in [2.05, 4.69) is 20.4 Å². The average molecular weight is 405 g/mol. The second kappa shape index (κ2) is 8.28. The fourth-order valence-electron chi connectivity index (χ4n) is 3.13. The number of ether oxygens (including phenoxy) is 1. The normalized spacial score (nSPS) is 10.9. The van der Waals surface area contributed by atoms with Crippen LogP contribution in [0, 0.1) is 12.7 Å². The molecule has 8 heteroatoms. The third kappa shape index (κ3) is 4.27. The minimum atomic E-state index is -0.317. The number of hydrogen-bond donors (Lipinski definition) is 1. The van der Waals surface area contributed by atoms with Crippen molar-refractivity contribution in [2.24, 2.45) is 0 Å². The minimum absolute atomic E-state index is 0.0979. The Kier molecular flexibility index (Phi) is 5.38. The number of benzene rings is 1. The van der Waals surface area contributed by atoms with E-state index in [1.165, 1.54) is 12.1 Å². The highest BCUT2D eigenvalue weighted by molar-refractivity contribution is 5.86. The van der Waals surface area contributed by atoms with Crippen LogP contribution in [-0.4, -0.2) is 32.7 Å². The summed E-state index contributed by atoms with van der Waals surface area (Å²) >= 11 is 0. The van der Waals surface area contributed by atoms with Gasteiger partial charge in [0.2, 0.25) is 11.8 Å². The molecule has 0 saturated carbocycles. The molecule has 0 aliphatic carbocycles. The number of hydrogen-bond acceptors (Lipinski definition) is 5. The molecule has 0 radical (unpaired) electrons. The number of nitrogens with one attached hydrogen (secondary N) is 1. The second-order valence-corrected chi connectivity index (χ2v) is 6.89. The molecule has 0 spiro atoms. The van der Waals surface area contributed by atoms with E-state index < -0.39 is 0 Å². The Bertz CT molecular complexity index is 1200. The molecular weight excluding hydrogens is 385 g/mol. The van der Waals surface area contributed by atoms with Crippen molar-refractivity contribution < 1.29 is 13.9 Å². The van der Waals surface area contributed by atoms with Crippen LogP contribution >= 0.6 is 0 Å². The topological polar surface area (TPSA) is 81.9 Å². The van der Waals surface area contributed by atoms with Gasteiger partial charge in [-0.05, 0) is 48.9 Å². The van der Waals surface area contributed by atoms with Crippen LogP contribution in [0.3, 0.4) is 0 Å². The number of carbonyl (C=O) groups is 1. The molecule has 7 nitrogen and oxygen atoms in total. The van der Waals surface area contributed by atoms with Gasteiger partial charge in [-0.1, -0.05) is 0 Å². The maximum Gasteiger partial charge on any atom is 0.225 e. The number of rotatable bonds is 6. The number of halogens is 1. The van der Waals surface area contributed by atoms with E-state index in [4.69, 9.17) is 4.74 Å². The van der Waals surface area contributed by atoms with Gasteiger partial charge in [0.15, 0.2) is 0 Å². The first-order chi connectivity index (χ1) is 14.5. The lowest BCUT2D eigenvalue weighted by atomic mass is 10.2. The molecule has 0 saturated heterocycles. The number of aryl methyl sites for hydroxylation is 1. The highest BCUT2D eigenvalue weighted by atomic mass is 19.1. The smallest absolute Gasteiger partial charge is 0.225 e. The molecule has 4 rings (SSSR count). The van der Waals surface area contributed by atoms with E-state index in [-0.39, 0.29) is 18.1 Å². The fourth-order valence-corrected chi connectivity index (χ4v) is 3.13. The molecule has 1 amide bonds. The first-order valence-electron chi connectivity index (χ1n) is 9.42. The third-order valence-electron chi connectivity index (χ3n) is 4.63.